The number of aliphatic hydroxyl groups is 2. The van der Waals surface area contributed by atoms with Gasteiger partial charge in [-0.3, -0.25) is 14.4 Å². The lowest BCUT2D eigenvalue weighted by molar-refractivity contribution is -0.171. The number of hydrogen-bond acceptors (Lipinski definition) is 10. The molecule has 48 heavy (non-hydrogen) atoms. The molecule has 1 saturated heterocycles. The molecule has 6 atom stereocenters. The molecule has 7 rings (SSSR count). The summed E-state index contributed by atoms with van der Waals surface area (Å²) in [7, 11) is 0. The van der Waals surface area contributed by atoms with Crippen molar-refractivity contribution < 1.29 is 48.7 Å². The van der Waals surface area contributed by atoms with E-state index in [4.69, 9.17) is 18.9 Å². The molecule has 10 nitrogen and oxygen atoms in total. The maximum atomic E-state index is 14.8. The van der Waals surface area contributed by atoms with E-state index >= 15 is 0 Å². The molecule has 1 aromatic carbocycles. The van der Waals surface area contributed by atoms with Crippen LogP contribution in [-0.2, 0) is 25.5 Å². The number of rotatable bonds is 10. The zero-order chi connectivity index (χ0) is 35.2. The Labute approximate surface area is 281 Å². The Hall–Kier alpha value is -3.73. The second kappa shape index (κ2) is 11.1. The Morgan fingerprint density at radius 1 is 1.12 bits per heavy atom. The molecule has 3 aliphatic carbocycles. The second-order valence-electron chi connectivity index (χ2n) is 15.5. The van der Waals surface area contributed by atoms with Crippen molar-refractivity contribution in [1.82, 2.24) is 0 Å². The summed E-state index contributed by atoms with van der Waals surface area (Å²) in [6.07, 6.45) is 9.12. The molecular formula is C38H46O10. The van der Waals surface area contributed by atoms with Gasteiger partial charge in [-0.1, -0.05) is 17.7 Å². The number of fused-ring (bicyclic) bond motifs is 2. The van der Waals surface area contributed by atoms with E-state index < -0.39 is 51.7 Å². The van der Waals surface area contributed by atoms with Crippen molar-refractivity contribution in [1.29, 1.82) is 0 Å². The van der Waals surface area contributed by atoms with Crippen LogP contribution >= 0.6 is 0 Å². The first kappa shape index (κ1) is 34.1. The molecule has 1 aromatic rings. The molecule has 1 spiro atoms. The van der Waals surface area contributed by atoms with Crippen LogP contribution in [0, 0.1) is 11.8 Å². The van der Waals surface area contributed by atoms with E-state index in [-0.39, 0.29) is 58.3 Å². The van der Waals surface area contributed by atoms with Crippen LogP contribution in [0.25, 0.3) is 6.08 Å². The van der Waals surface area contributed by atoms with Crippen molar-refractivity contribution in [3.05, 3.63) is 57.9 Å². The highest BCUT2D eigenvalue weighted by molar-refractivity contribution is 6.19. The minimum atomic E-state index is -1.66. The normalized spacial score (nSPS) is 31.5. The van der Waals surface area contributed by atoms with Gasteiger partial charge in [0.15, 0.2) is 22.8 Å². The van der Waals surface area contributed by atoms with E-state index in [0.29, 0.717) is 24.9 Å². The van der Waals surface area contributed by atoms with Gasteiger partial charge in [0.2, 0.25) is 0 Å². The quantitative estimate of drug-likeness (QED) is 0.168. The first-order valence-electron chi connectivity index (χ1n) is 16.6. The van der Waals surface area contributed by atoms with Crippen molar-refractivity contribution in [3.8, 4) is 17.2 Å². The summed E-state index contributed by atoms with van der Waals surface area (Å²) >= 11 is 0. The summed E-state index contributed by atoms with van der Waals surface area (Å²) in [5, 5.41) is 33.9. The number of allylic oxidation sites excluding steroid dienone is 4. The third-order valence-electron chi connectivity index (χ3n) is 10.9. The molecule has 258 valence electrons. The van der Waals surface area contributed by atoms with Crippen molar-refractivity contribution in [2.75, 3.05) is 0 Å². The Bertz CT molecular complexity index is 1720. The maximum Gasteiger partial charge on any atom is 0.298 e. The third kappa shape index (κ3) is 4.90. The van der Waals surface area contributed by atoms with Crippen molar-refractivity contribution in [2.24, 2.45) is 11.8 Å². The molecule has 0 amide bonds. The fourth-order valence-corrected chi connectivity index (χ4v) is 8.34. The van der Waals surface area contributed by atoms with E-state index in [2.05, 4.69) is 6.08 Å². The van der Waals surface area contributed by atoms with E-state index in [0.717, 1.165) is 6.42 Å². The van der Waals surface area contributed by atoms with E-state index in [1.165, 1.54) is 19.4 Å². The summed E-state index contributed by atoms with van der Waals surface area (Å²) in [6, 6.07) is 0. The van der Waals surface area contributed by atoms with Gasteiger partial charge in [-0.05, 0) is 92.9 Å². The zero-order valence-electron chi connectivity index (χ0n) is 28.9. The average molecular weight is 663 g/mol. The highest BCUT2D eigenvalue weighted by Crippen LogP contribution is 2.68. The molecule has 10 heteroatoms. The SMILES string of the molecule is CC(C)=CCC[C@]1(C)C=Cc2c(O)c3c(c(CC(O)C(C)(C)O)c2O1)O[C@]12C(=CC4CC1C(C)(C)OC2(C/C=C(/C)OC=O)C4=O)C3=O. The van der Waals surface area contributed by atoms with E-state index in [1.54, 1.807) is 25.2 Å². The van der Waals surface area contributed by atoms with Gasteiger partial charge < -0.3 is 34.3 Å². The topological polar surface area (TPSA) is 149 Å². The summed E-state index contributed by atoms with van der Waals surface area (Å²) in [5.74, 6) is -1.65. The molecule has 1 saturated carbocycles. The minimum Gasteiger partial charge on any atom is -0.506 e. The van der Waals surface area contributed by atoms with Gasteiger partial charge in [-0.2, -0.15) is 0 Å². The van der Waals surface area contributed by atoms with Crippen molar-refractivity contribution in [3.63, 3.8) is 0 Å². The summed E-state index contributed by atoms with van der Waals surface area (Å²) < 4.78 is 25.5. The number of ether oxygens (including phenoxy) is 4. The predicted octanol–water partition coefficient (Wildman–Crippen LogP) is 5.45. The van der Waals surface area contributed by atoms with Crippen LogP contribution < -0.4 is 9.47 Å². The Balaban J connectivity index is 1.59. The highest BCUT2D eigenvalue weighted by atomic mass is 16.6. The molecule has 3 N–H and O–H groups in total. The third-order valence-corrected chi connectivity index (χ3v) is 10.9. The van der Waals surface area contributed by atoms with Gasteiger partial charge in [0, 0.05) is 35.8 Å². The number of carbonyl (C=O) groups is 3. The first-order valence-corrected chi connectivity index (χ1v) is 16.6. The van der Waals surface area contributed by atoms with Crippen molar-refractivity contribution >= 4 is 24.1 Å². The Morgan fingerprint density at radius 3 is 2.48 bits per heavy atom. The molecule has 3 heterocycles. The number of benzene rings is 1. The van der Waals surface area contributed by atoms with Gasteiger partial charge in [0.1, 0.15) is 34.2 Å². The van der Waals surface area contributed by atoms with Gasteiger partial charge in [0.25, 0.3) is 6.47 Å². The molecule has 6 aliphatic rings. The second-order valence-corrected chi connectivity index (χ2v) is 15.5. The van der Waals surface area contributed by atoms with Crippen molar-refractivity contribution in [2.45, 2.75) is 122 Å². The van der Waals surface area contributed by atoms with Gasteiger partial charge >= 0.3 is 0 Å². The number of carbonyl (C=O) groups excluding carboxylic acids is 3. The lowest BCUT2D eigenvalue weighted by atomic mass is 9.51. The fraction of sp³-hybridized carbons (Fsp3) is 0.553. The number of Topliss-reactive ketones (excluding diaryl/α,β-unsaturated/α-hetero) is 2. The molecule has 2 fully saturated rings. The lowest BCUT2D eigenvalue weighted by Gasteiger charge is -2.56. The summed E-state index contributed by atoms with van der Waals surface area (Å²) in [4.78, 5) is 40.2. The molecule has 0 aromatic heterocycles. The molecule has 4 bridgehead atoms. The smallest absolute Gasteiger partial charge is 0.298 e. The Kier molecular flexibility index (Phi) is 7.93. The minimum absolute atomic E-state index is 0.00711. The van der Waals surface area contributed by atoms with Crippen LogP contribution in [0.3, 0.4) is 0 Å². The first-order chi connectivity index (χ1) is 22.3. The highest BCUT2D eigenvalue weighted by Gasteiger charge is 2.81. The number of ketones is 2. The molecule has 0 radical (unpaired) electrons. The number of aliphatic hydroxyl groups excluding tert-OH is 1. The predicted molar refractivity (Wildman–Crippen MR) is 177 cm³/mol. The van der Waals surface area contributed by atoms with E-state index in [1.807, 2.05) is 40.7 Å². The maximum absolute atomic E-state index is 14.8. The van der Waals surface area contributed by atoms with Crippen LogP contribution in [0.5, 0.6) is 17.2 Å². The number of hydrogen-bond donors (Lipinski definition) is 3. The number of aromatic hydroxyl groups is 1. The van der Waals surface area contributed by atoms with Gasteiger partial charge in [0.05, 0.1) is 22.9 Å². The fourth-order valence-electron chi connectivity index (χ4n) is 8.34. The van der Waals surface area contributed by atoms with E-state index in [9.17, 15) is 29.7 Å². The average Bonchev–Trinajstić information content (AvgIpc) is 3.14. The number of phenols is 1. The van der Waals surface area contributed by atoms with Crippen LogP contribution in [0.2, 0.25) is 0 Å². The molecule has 3 aliphatic heterocycles. The van der Waals surface area contributed by atoms with Gasteiger partial charge in [-0.15, -0.1) is 0 Å². The van der Waals surface area contributed by atoms with Crippen LogP contribution in [0.4, 0.5) is 0 Å². The zero-order valence-corrected chi connectivity index (χ0v) is 28.9. The van der Waals surface area contributed by atoms with Crippen LogP contribution in [-0.4, -0.2) is 67.5 Å². The van der Waals surface area contributed by atoms with Crippen LogP contribution in [0.15, 0.2) is 41.2 Å². The standard InChI is InChI=1S/C38H46O10/c1-20(2)10-9-13-36(8)14-12-23-29(41)28-30(42)25-16-22-17-26-35(6,7)48-37(33(22)43,15-11-21(3)45-19-39)38(25,26)47-32(28)24(31(23)46-36)18-27(40)34(4,5)44/h10-12,14,16,19,22,26-27,40-41,44H,9,13,15,17-18H2,1-8H3/b21-11-/t22?,26?,27?,36-,37?,38-/m1/s1. The van der Waals surface area contributed by atoms with Gasteiger partial charge in [-0.25, -0.2) is 0 Å². The number of phenolic OH excluding ortho intramolecular Hbond substituents is 1. The summed E-state index contributed by atoms with van der Waals surface area (Å²) in [5.41, 5.74) is -4.63. The monoisotopic (exact) mass is 662 g/mol. The largest absolute Gasteiger partial charge is 0.506 e. The van der Waals surface area contributed by atoms with Crippen LogP contribution in [0.1, 0.15) is 103 Å². The summed E-state index contributed by atoms with van der Waals surface area (Å²) in [6.45, 7) is 14.6. The molecule has 4 unspecified atom stereocenters. The molecular weight excluding hydrogens is 616 g/mol. The Morgan fingerprint density at radius 2 is 1.83 bits per heavy atom. The lowest BCUT2D eigenvalue weighted by Crippen LogP contribution is -2.72.